The third-order valence-corrected chi connectivity index (χ3v) is 5.43. The van der Waals surface area contributed by atoms with Gasteiger partial charge in [0.25, 0.3) is 0 Å². The molecule has 2 aromatic carbocycles. The lowest BCUT2D eigenvalue weighted by Gasteiger charge is -2.09. The Labute approximate surface area is 171 Å². The van der Waals surface area contributed by atoms with Crippen molar-refractivity contribution in [3.8, 4) is 0 Å². The van der Waals surface area contributed by atoms with Crippen LogP contribution in [-0.4, -0.2) is 32.1 Å². The summed E-state index contributed by atoms with van der Waals surface area (Å²) in [5.74, 6) is -1.89. The summed E-state index contributed by atoms with van der Waals surface area (Å²) >= 11 is 0.886. The summed E-state index contributed by atoms with van der Waals surface area (Å²) in [4.78, 5) is 36.7. The van der Waals surface area contributed by atoms with Crippen molar-refractivity contribution in [2.24, 2.45) is 0 Å². The molecule has 150 valence electrons. The fourth-order valence-electron chi connectivity index (χ4n) is 3.01. The Bertz CT molecular complexity index is 1080. The Morgan fingerprint density at radius 1 is 0.966 bits per heavy atom. The number of hydrogen-bond acceptors (Lipinski definition) is 8. The zero-order valence-electron chi connectivity index (χ0n) is 15.9. The first-order chi connectivity index (χ1) is 14.0. The number of nitrogens with two attached hydrogens (primary N) is 1. The normalized spacial score (nSPS) is 10.6. The van der Waals surface area contributed by atoms with Crippen molar-refractivity contribution in [1.29, 1.82) is 0 Å². The summed E-state index contributed by atoms with van der Waals surface area (Å²) in [7, 11) is 2.42. The highest BCUT2D eigenvalue weighted by Crippen LogP contribution is 2.33. The number of hydrogen-bond donors (Lipinski definition) is 1. The molecule has 7 nitrogen and oxygen atoms in total. The monoisotopic (exact) mass is 413 g/mol. The molecule has 2 N–H and O–H groups in total. The zero-order chi connectivity index (χ0) is 21.0. The van der Waals surface area contributed by atoms with E-state index in [2.05, 4.69) is 0 Å². The summed E-state index contributed by atoms with van der Waals surface area (Å²) in [6, 6.07) is 13.4. The Hall–Kier alpha value is -3.39. The standard InChI is InChI=1S/C21H19NO6S/c1-26-20(24)17-15(18(21(25)27-2)29-19(17)22)11-28-16(23)10-13-8-5-7-12-6-3-4-9-14(12)13/h3-9H,10-11,22H2,1-2H3. The SMILES string of the molecule is COC(=O)c1sc(N)c(C(=O)OC)c1COC(=O)Cc1cccc2ccccc12. The molecule has 0 amide bonds. The first-order valence-electron chi connectivity index (χ1n) is 8.66. The van der Waals surface area contributed by atoms with Gasteiger partial charge in [-0.3, -0.25) is 4.79 Å². The fraction of sp³-hybridized carbons (Fsp3) is 0.190. The number of ether oxygens (including phenoxy) is 3. The number of nitrogen functional groups attached to an aromatic ring is 1. The number of esters is 3. The molecule has 0 aliphatic heterocycles. The number of benzene rings is 2. The van der Waals surface area contributed by atoms with Gasteiger partial charge in [0.05, 0.1) is 20.6 Å². The molecule has 0 saturated carbocycles. The van der Waals surface area contributed by atoms with Gasteiger partial charge in [0.2, 0.25) is 0 Å². The van der Waals surface area contributed by atoms with Gasteiger partial charge >= 0.3 is 17.9 Å². The molecule has 0 radical (unpaired) electrons. The lowest BCUT2D eigenvalue weighted by molar-refractivity contribution is -0.144. The number of carbonyl (C=O) groups is 3. The van der Waals surface area contributed by atoms with Crippen LogP contribution in [0.1, 0.15) is 31.2 Å². The van der Waals surface area contributed by atoms with Gasteiger partial charge in [-0.25, -0.2) is 9.59 Å². The van der Waals surface area contributed by atoms with Gasteiger partial charge in [0.1, 0.15) is 22.0 Å². The van der Waals surface area contributed by atoms with Gasteiger partial charge in [-0.15, -0.1) is 11.3 Å². The summed E-state index contributed by atoms with van der Waals surface area (Å²) in [6.45, 7) is -0.299. The van der Waals surface area contributed by atoms with Crippen LogP contribution in [0, 0.1) is 0 Å². The van der Waals surface area contributed by atoms with Crippen molar-refractivity contribution < 1.29 is 28.6 Å². The smallest absolute Gasteiger partial charge is 0.348 e. The predicted octanol–water partition coefficient (Wildman–Crippen LogP) is 3.34. The summed E-state index contributed by atoms with van der Waals surface area (Å²) < 4.78 is 14.8. The quantitative estimate of drug-likeness (QED) is 0.488. The van der Waals surface area contributed by atoms with Gasteiger partial charge < -0.3 is 19.9 Å². The van der Waals surface area contributed by atoms with Crippen LogP contribution in [-0.2, 0) is 32.0 Å². The van der Waals surface area contributed by atoms with Crippen LogP contribution in [0.2, 0.25) is 0 Å². The lowest BCUT2D eigenvalue weighted by atomic mass is 10.0. The Balaban J connectivity index is 1.82. The summed E-state index contributed by atoms with van der Waals surface area (Å²) in [5, 5.41) is 2.07. The third-order valence-electron chi connectivity index (χ3n) is 4.39. The third kappa shape index (κ3) is 4.22. The fourth-order valence-corrected chi connectivity index (χ4v) is 3.99. The van der Waals surface area contributed by atoms with Gasteiger partial charge in [0, 0.05) is 5.56 Å². The van der Waals surface area contributed by atoms with E-state index in [1.807, 2.05) is 42.5 Å². The number of rotatable bonds is 6. The molecule has 0 aliphatic carbocycles. The average molecular weight is 413 g/mol. The molecule has 0 atom stereocenters. The predicted molar refractivity (Wildman–Crippen MR) is 109 cm³/mol. The van der Waals surface area contributed by atoms with E-state index in [0.717, 1.165) is 27.7 Å². The second-order valence-electron chi connectivity index (χ2n) is 6.11. The van der Waals surface area contributed by atoms with Crippen LogP contribution in [0.3, 0.4) is 0 Å². The minimum Gasteiger partial charge on any atom is -0.465 e. The maximum absolute atomic E-state index is 12.5. The van der Waals surface area contributed by atoms with Gasteiger partial charge in [-0.2, -0.15) is 0 Å². The molecule has 3 rings (SSSR count). The van der Waals surface area contributed by atoms with E-state index >= 15 is 0 Å². The minimum atomic E-state index is -0.714. The molecule has 29 heavy (non-hydrogen) atoms. The molecule has 1 heterocycles. The highest BCUT2D eigenvalue weighted by molar-refractivity contribution is 7.18. The van der Waals surface area contributed by atoms with Crippen molar-refractivity contribution in [3.63, 3.8) is 0 Å². The number of methoxy groups -OCH3 is 2. The van der Waals surface area contributed by atoms with E-state index in [4.69, 9.17) is 19.9 Å². The van der Waals surface area contributed by atoms with Gasteiger partial charge in [-0.05, 0) is 16.3 Å². The van der Waals surface area contributed by atoms with Crippen LogP contribution >= 0.6 is 11.3 Å². The number of carbonyl (C=O) groups excluding carboxylic acids is 3. The van der Waals surface area contributed by atoms with E-state index in [1.54, 1.807) is 0 Å². The molecule has 0 fully saturated rings. The van der Waals surface area contributed by atoms with E-state index in [1.165, 1.54) is 14.2 Å². The van der Waals surface area contributed by atoms with Crippen molar-refractivity contribution in [2.45, 2.75) is 13.0 Å². The average Bonchev–Trinajstić information content (AvgIpc) is 3.07. The van der Waals surface area contributed by atoms with Crippen LogP contribution in [0.4, 0.5) is 5.00 Å². The van der Waals surface area contributed by atoms with E-state index in [-0.39, 0.29) is 34.0 Å². The van der Waals surface area contributed by atoms with Gasteiger partial charge in [-0.1, -0.05) is 42.5 Å². The molecular weight excluding hydrogens is 394 g/mol. The second kappa shape index (κ2) is 8.74. The van der Waals surface area contributed by atoms with E-state index in [9.17, 15) is 14.4 Å². The van der Waals surface area contributed by atoms with Crippen molar-refractivity contribution in [1.82, 2.24) is 0 Å². The largest absolute Gasteiger partial charge is 0.465 e. The molecule has 0 saturated heterocycles. The highest BCUT2D eigenvalue weighted by atomic mass is 32.1. The molecule has 0 bridgehead atoms. The maximum Gasteiger partial charge on any atom is 0.348 e. The molecular formula is C21H19NO6S. The molecule has 1 aromatic heterocycles. The molecule has 0 unspecified atom stereocenters. The van der Waals surface area contributed by atoms with Crippen molar-refractivity contribution in [3.05, 3.63) is 64.0 Å². The van der Waals surface area contributed by atoms with Gasteiger partial charge in [0.15, 0.2) is 0 Å². The second-order valence-corrected chi connectivity index (χ2v) is 7.16. The Kier molecular flexibility index (Phi) is 6.13. The number of thiophene rings is 1. The zero-order valence-corrected chi connectivity index (χ0v) is 16.7. The van der Waals surface area contributed by atoms with Crippen LogP contribution in [0.5, 0.6) is 0 Å². The number of fused-ring (bicyclic) bond motifs is 1. The molecule has 0 spiro atoms. The highest BCUT2D eigenvalue weighted by Gasteiger charge is 2.28. The van der Waals surface area contributed by atoms with Crippen molar-refractivity contribution >= 4 is 45.0 Å². The first kappa shape index (κ1) is 20.3. The maximum atomic E-state index is 12.5. The molecule has 3 aromatic rings. The van der Waals surface area contributed by atoms with E-state index < -0.39 is 17.9 Å². The van der Waals surface area contributed by atoms with Crippen LogP contribution in [0.25, 0.3) is 10.8 Å². The topological polar surface area (TPSA) is 105 Å². The molecule has 0 aliphatic rings. The number of anilines is 1. The summed E-state index contributed by atoms with van der Waals surface area (Å²) in [5.41, 5.74) is 6.88. The van der Waals surface area contributed by atoms with E-state index in [0.29, 0.717) is 0 Å². The Morgan fingerprint density at radius 3 is 2.38 bits per heavy atom. The Morgan fingerprint density at radius 2 is 1.66 bits per heavy atom. The first-order valence-corrected chi connectivity index (χ1v) is 9.48. The summed E-state index contributed by atoms with van der Waals surface area (Å²) in [6.07, 6.45) is 0.0437. The van der Waals surface area contributed by atoms with Crippen LogP contribution in [0.15, 0.2) is 42.5 Å². The van der Waals surface area contributed by atoms with Crippen LogP contribution < -0.4 is 5.73 Å². The lowest BCUT2D eigenvalue weighted by Crippen LogP contribution is -2.13. The molecule has 8 heteroatoms. The minimum absolute atomic E-state index is 0.0101. The van der Waals surface area contributed by atoms with Crippen molar-refractivity contribution in [2.75, 3.05) is 20.0 Å².